The number of rotatable bonds is 3. The van der Waals surface area contributed by atoms with Crippen molar-refractivity contribution in [3.63, 3.8) is 0 Å². The zero-order chi connectivity index (χ0) is 14.9. The Morgan fingerprint density at radius 1 is 0.950 bits per heavy atom. The lowest BCUT2D eigenvalue weighted by molar-refractivity contribution is 0.504. The highest BCUT2D eigenvalue weighted by molar-refractivity contribution is 7.90. The summed E-state index contributed by atoms with van der Waals surface area (Å²) in [6, 6.07) is 5.59. The fourth-order valence-electron chi connectivity index (χ4n) is 1.66. The van der Waals surface area contributed by atoms with E-state index in [9.17, 15) is 21.6 Å². The van der Waals surface area contributed by atoms with Crippen molar-refractivity contribution < 1.29 is 21.6 Å². The van der Waals surface area contributed by atoms with E-state index >= 15 is 0 Å². The van der Waals surface area contributed by atoms with Gasteiger partial charge < -0.3 is 5.73 Å². The molecule has 0 radical (unpaired) electrons. The van der Waals surface area contributed by atoms with Crippen LogP contribution in [0.4, 0.5) is 18.9 Å². The molecule has 0 heterocycles. The molecule has 0 saturated carbocycles. The molecule has 0 fully saturated rings. The molecule has 2 aromatic rings. The number of halogens is 3. The summed E-state index contributed by atoms with van der Waals surface area (Å²) >= 11 is 0. The molecule has 0 aromatic heterocycles. The molecule has 20 heavy (non-hydrogen) atoms. The minimum atomic E-state index is -3.95. The SMILES string of the molecule is Nc1ccc(F)cc1CS(=O)(=O)c1ccc(F)c(F)c1. The number of benzene rings is 2. The quantitative estimate of drug-likeness (QED) is 0.700. The van der Waals surface area contributed by atoms with Crippen molar-refractivity contribution in [2.24, 2.45) is 0 Å². The van der Waals surface area contributed by atoms with Crippen LogP contribution in [0.1, 0.15) is 5.56 Å². The van der Waals surface area contributed by atoms with Crippen LogP contribution in [0, 0.1) is 17.5 Å². The Morgan fingerprint density at radius 3 is 2.30 bits per heavy atom. The zero-order valence-corrected chi connectivity index (χ0v) is 10.9. The van der Waals surface area contributed by atoms with Crippen LogP contribution < -0.4 is 5.73 Å². The van der Waals surface area contributed by atoms with E-state index in [0.717, 1.165) is 24.3 Å². The Balaban J connectivity index is 2.40. The van der Waals surface area contributed by atoms with E-state index in [1.54, 1.807) is 0 Å². The first-order valence-electron chi connectivity index (χ1n) is 5.51. The largest absolute Gasteiger partial charge is 0.398 e. The van der Waals surface area contributed by atoms with Crippen molar-refractivity contribution in [3.8, 4) is 0 Å². The van der Waals surface area contributed by atoms with Gasteiger partial charge in [-0.25, -0.2) is 21.6 Å². The number of anilines is 1. The van der Waals surface area contributed by atoms with E-state index in [4.69, 9.17) is 5.73 Å². The second-order valence-electron chi connectivity index (χ2n) is 4.18. The molecule has 0 aliphatic carbocycles. The first-order chi connectivity index (χ1) is 9.29. The summed E-state index contributed by atoms with van der Waals surface area (Å²) in [6.45, 7) is 0. The lowest BCUT2D eigenvalue weighted by Crippen LogP contribution is -2.08. The summed E-state index contributed by atoms with van der Waals surface area (Å²) in [7, 11) is -3.95. The van der Waals surface area contributed by atoms with Gasteiger partial charge in [0.1, 0.15) is 5.82 Å². The van der Waals surface area contributed by atoms with Gasteiger partial charge in [0.2, 0.25) is 0 Å². The molecule has 0 bridgehead atoms. The standard InChI is InChI=1S/C13H10F3NO2S/c14-9-1-4-13(17)8(5-9)7-20(18,19)10-2-3-11(15)12(16)6-10/h1-6H,7,17H2. The Bertz CT molecular complexity index is 760. The van der Waals surface area contributed by atoms with E-state index in [0.29, 0.717) is 6.07 Å². The molecule has 0 saturated heterocycles. The highest BCUT2D eigenvalue weighted by Crippen LogP contribution is 2.22. The molecule has 106 valence electrons. The van der Waals surface area contributed by atoms with Gasteiger partial charge in [-0.1, -0.05) is 0 Å². The summed E-state index contributed by atoms with van der Waals surface area (Å²) in [4.78, 5) is -0.389. The highest BCUT2D eigenvalue weighted by atomic mass is 32.2. The minimum Gasteiger partial charge on any atom is -0.398 e. The van der Waals surface area contributed by atoms with Gasteiger partial charge in [0.25, 0.3) is 0 Å². The average Bonchev–Trinajstić information content (AvgIpc) is 2.36. The average molecular weight is 301 g/mol. The number of hydrogen-bond acceptors (Lipinski definition) is 3. The van der Waals surface area contributed by atoms with Crippen LogP contribution in [0.15, 0.2) is 41.3 Å². The highest BCUT2D eigenvalue weighted by Gasteiger charge is 2.19. The van der Waals surface area contributed by atoms with Crippen LogP contribution in [0.3, 0.4) is 0 Å². The van der Waals surface area contributed by atoms with E-state index in [1.165, 1.54) is 6.07 Å². The smallest absolute Gasteiger partial charge is 0.182 e. The van der Waals surface area contributed by atoms with Crippen LogP contribution in [0.25, 0.3) is 0 Å². The molecule has 0 aliphatic rings. The van der Waals surface area contributed by atoms with E-state index < -0.39 is 33.0 Å². The molecular formula is C13H10F3NO2S. The molecule has 2 N–H and O–H groups in total. The molecule has 3 nitrogen and oxygen atoms in total. The lowest BCUT2D eigenvalue weighted by atomic mass is 10.2. The summed E-state index contributed by atoms with van der Waals surface area (Å²) in [5, 5.41) is 0. The molecule has 0 aliphatic heterocycles. The van der Waals surface area contributed by atoms with Gasteiger partial charge in [-0.05, 0) is 42.0 Å². The van der Waals surface area contributed by atoms with Gasteiger partial charge in [-0.2, -0.15) is 0 Å². The normalized spacial score (nSPS) is 11.6. The van der Waals surface area contributed by atoms with Gasteiger partial charge in [-0.3, -0.25) is 0 Å². The predicted molar refractivity (Wildman–Crippen MR) is 68.1 cm³/mol. The molecule has 7 heteroatoms. The third kappa shape index (κ3) is 2.93. The molecule has 0 amide bonds. The van der Waals surface area contributed by atoms with E-state index in [2.05, 4.69) is 0 Å². The van der Waals surface area contributed by atoms with Crippen LogP contribution in [0.5, 0.6) is 0 Å². The first kappa shape index (κ1) is 14.4. The fourth-order valence-corrected chi connectivity index (χ4v) is 3.04. The van der Waals surface area contributed by atoms with Crippen LogP contribution >= 0.6 is 0 Å². The van der Waals surface area contributed by atoms with Gasteiger partial charge in [0.15, 0.2) is 21.5 Å². The van der Waals surface area contributed by atoms with Gasteiger partial charge in [0.05, 0.1) is 10.6 Å². The monoisotopic (exact) mass is 301 g/mol. The van der Waals surface area contributed by atoms with Crippen LogP contribution in [-0.4, -0.2) is 8.42 Å². The second kappa shape index (κ2) is 5.16. The van der Waals surface area contributed by atoms with Crippen LogP contribution in [0.2, 0.25) is 0 Å². The Morgan fingerprint density at radius 2 is 1.65 bits per heavy atom. The molecule has 0 unspecified atom stereocenters. The first-order valence-corrected chi connectivity index (χ1v) is 7.16. The van der Waals surface area contributed by atoms with Crippen molar-refractivity contribution in [3.05, 3.63) is 59.4 Å². The van der Waals surface area contributed by atoms with Crippen LogP contribution in [-0.2, 0) is 15.6 Å². The van der Waals surface area contributed by atoms with E-state index in [-0.39, 0.29) is 16.1 Å². The maximum atomic E-state index is 13.1. The fraction of sp³-hybridized carbons (Fsp3) is 0.0769. The van der Waals surface area contributed by atoms with Crippen molar-refractivity contribution in [1.29, 1.82) is 0 Å². The Hall–Kier alpha value is -2.02. The zero-order valence-electron chi connectivity index (χ0n) is 10.1. The number of hydrogen-bond donors (Lipinski definition) is 1. The summed E-state index contributed by atoms with van der Waals surface area (Å²) < 4.78 is 63.1. The summed E-state index contributed by atoms with van der Waals surface area (Å²) in [5.41, 5.74) is 5.74. The number of sulfone groups is 1. The van der Waals surface area contributed by atoms with Crippen molar-refractivity contribution in [2.75, 3.05) is 5.73 Å². The Kier molecular flexibility index (Phi) is 3.71. The maximum absolute atomic E-state index is 13.1. The maximum Gasteiger partial charge on any atom is 0.182 e. The molecule has 2 aromatic carbocycles. The molecular weight excluding hydrogens is 291 g/mol. The van der Waals surface area contributed by atoms with Crippen molar-refractivity contribution in [2.45, 2.75) is 10.6 Å². The number of nitrogens with two attached hydrogens (primary N) is 1. The van der Waals surface area contributed by atoms with E-state index in [1.807, 2.05) is 0 Å². The second-order valence-corrected chi connectivity index (χ2v) is 6.17. The minimum absolute atomic E-state index is 0.0646. The van der Waals surface area contributed by atoms with Gasteiger partial charge in [0, 0.05) is 5.69 Å². The predicted octanol–water partition coefficient (Wildman–Crippen LogP) is 2.66. The third-order valence-corrected chi connectivity index (χ3v) is 4.36. The lowest BCUT2D eigenvalue weighted by Gasteiger charge is -2.08. The van der Waals surface area contributed by atoms with Gasteiger partial charge in [-0.15, -0.1) is 0 Å². The topological polar surface area (TPSA) is 60.2 Å². The van der Waals surface area contributed by atoms with Crippen molar-refractivity contribution >= 4 is 15.5 Å². The van der Waals surface area contributed by atoms with Gasteiger partial charge >= 0.3 is 0 Å². The third-order valence-electron chi connectivity index (χ3n) is 2.70. The summed E-state index contributed by atoms with van der Waals surface area (Å²) in [6.07, 6.45) is 0. The molecule has 0 spiro atoms. The van der Waals surface area contributed by atoms with Crippen molar-refractivity contribution in [1.82, 2.24) is 0 Å². The molecule has 0 atom stereocenters. The Labute approximate surface area is 113 Å². The molecule has 2 rings (SSSR count). The number of nitrogen functional groups attached to an aromatic ring is 1. The summed E-state index contributed by atoms with van der Waals surface area (Å²) in [5.74, 6) is -3.64.